The van der Waals surface area contributed by atoms with Crippen LogP contribution in [-0.2, 0) is 6.54 Å². The van der Waals surface area contributed by atoms with Crippen LogP contribution in [0.2, 0.25) is 0 Å². The molecule has 1 heterocycles. The Kier molecular flexibility index (Phi) is 4.29. The second-order valence-corrected chi connectivity index (χ2v) is 5.02. The van der Waals surface area contributed by atoms with Crippen LogP contribution in [0, 0.1) is 0 Å². The average Bonchev–Trinajstić information content (AvgIpc) is 2.62. The first-order chi connectivity index (χ1) is 6.97. The Bertz CT molecular complexity index is 261. The number of hydrogen-bond donors (Lipinski definition) is 3. The third kappa shape index (κ3) is 5.54. The maximum absolute atomic E-state index is 3.90. The minimum Gasteiger partial charge on any atom is -0.311 e. The summed E-state index contributed by atoms with van der Waals surface area (Å²) in [7, 11) is 0. The molecule has 0 saturated heterocycles. The van der Waals surface area contributed by atoms with Gasteiger partial charge in [-0.15, -0.1) is 0 Å². The van der Waals surface area contributed by atoms with Gasteiger partial charge in [-0.25, -0.2) is 0 Å². The molecule has 0 fully saturated rings. The Balaban J connectivity index is 2.16. The lowest BCUT2D eigenvalue weighted by Crippen LogP contribution is -2.44. The van der Waals surface area contributed by atoms with Crippen LogP contribution >= 0.6 is 0 Å². The van der Waals surface area contributed by atoms with Gasteiger partial charge in [0.25, 0.3) is 0 Å². The van der Waals surface area contributed by atoms with E-state index < -0.39 is 0 Å². The highest BCUT2D eigenvalue weighted by Gasteiger charge is 2.10. The number of nitrogens with zero attached hydrogens (tertiary/aromatic N) is 1. The van der Waals surface area contributed by atoms with Crippen molar-refractivity contribution in [3.8, 4) is 0 Å². The van der Waals surface area contributed by atoms with E-state index in [1.165, 1.54) is 5.56 Å². The van der Waals surface area contributed by atoms with Gasteiger partial charge in [-0.2, -0.15) is 5.10 Å². The standard InChI is InChI=1S/C11H22N4/c1-9(5-13-11(2,3)4)12-6-10-7-14-15-8-10/h7-9,12-13H,5-6H2,1-4H3,(H,14,15). The molecule has 0 saturated carbocycles. The summed E-state index contributed by atoms with van der Waals surface area (Å²) in [6.07, 6.45) is 3.76. The minimum absolute atomic E-state index is 0.186. The predicted molar refractivity (Wildman–Crippen MR) is 62.6 cm³/mol. The molecule has 3 N–H and O–H groups in total. The summed E-state index contributed by atoms with van der Waals surface area (Å²) in [5.41, 5.74) is 1.38. The molecule has 0 aliphatic carbocycles. The first-order valence-corrected chi connectivity index (χ1v) is 5.43. The number of nitrogens with one attached hydrogen (secondary N) is 3. The normalized spacial score (nSPS) is 14.1. The third-order valence-electron chi connectivity index (χ3n) is 2.15. The highest BCUT2D eigenvalue weighted by Crippen LogP contribution is 1.99. The van der Waals surface area contributed by atoms with Crippen molar-refractivity contribution in [1.29, 1.82) is 0 Å². The second kappa shape index (κ2) is 5.28. The average molecular weight is 210 g/mol. The van der Waals surface area contributed by atoms with E-state index in [0.29, 0.717) is 6.04 Å². The number of aromatic nitrogens is 2. The Morgan fingerprint density at radius 2 is 2.20 bits per heavy atom. The van der Waals surface area contributed by atoms with E-state index in [4.69, 9.17) is 0 Å². The van der Waals surface area contributed by atoms with Crippen LogP contribution in [0.1, 0.15) is 33.3 Å². The highest BCUT2D eigenvalue weighted by atomic mass is 15.1. The van der Waals surface area contributed by atoms with E-state index in [1.54, 1.807) is 0 Å². The number of rotatable bonds is 5. The molecule has 0 amide bonds. The van der Waals surface area contributed by atoms with E-state index in [-0.39, 0.29) is 5.54 Å². The van der Waals surface area contributed by atoms with Crippen molar-refractivity contribution >= 4 is 0 Å². The molecule has 1 rings (SSSR count). The molecule has 0 aliphatic heterocycles. The summed E-state index contributed by atoms with van der Waals surface area (Å²) in [5, 5.41) is 13.6. The summed E-state index contributed by atoms with van der Waals surface area (Å²) < 4.78 is 0. The van der Waals surface area contributed by atoms with Crippen molar-refractivity contribution in [2.75, 3.05) is 6.54 Å². The topological polar surface area (TPSA) is 52.7 Å². The molecule has 1 atom stereocenters. The number of aromatic amines is 1. The molecule has 1 aromatic rings. The van der Waals surface area contributed by atoms with Gasteiger partial charge >= 0.3 is 0 Å². The lowest BCUT2D eigenvalue weighted by molar-refractivity contribution is 0.387. The highest BCUT2D eigenvalue weighted by molar-refractivity contribution is 5.01. The predicted octanol–water partition coefficient (Wildman–Crippen LogP) is 1.28. The number of H-pyrrole nitrogens is 1. The fraction of sp³-hybridized carbons (Fsp3) is 0.727. The molecule has 0 aromatic carbocycles. The Labute approximate surface area is 91.8 Å². The Morgan fingerprint density at radius 3 is 2.73 bits per heavy atom. The molecule has 86 valence electrons. The van der Waals surface area contributed by atoms with Crippen LogP contribution in [0.5, 0.6) is 0 Å². The second-order valence-electron chi connectivity index (χ2n) is 5.02. The monoisotopic (exact) mass is 210 g/mol. The van der Waals surface area contributed by atoms with Crippen molar-refractivity contribution in [2.24, 2.45) is 0 Å². The van der Waals surface area contributed by atoms with Gasteiger partial charge in [-0.1, -0.05) is 0 Å². The smallest absolute Gasteiger partial charge is 0.0532 e. The molecule has 0 spiro atoms. The maximum atomic E-state index is 3.90. The van der Waals surface area contributed by atoms with Gasteiger partial charge in [-0.05, 0) is 27.7 Å². The van der Waals surface area contributed by atoms with Crippen molar-refractivity contribution < 1.29 is 0 Å². The zero-order chi connectivity index (χ0) is 11.3. The van der Waals surface area contributed by atoms with Crippen molar-refractivity contribution in [3.05, 3.63) is 18.0 Å². The van der Waals surface area contributed by atoms with Gasteiger partial charge in [0.15, 0.2) is 0 Å². The van der Waals surface area contributed by atoms with Gasteiger partial charge in [-0.3, -0.25) is 5.10 Å². The lowest BCUT2D eigenvalue weighted by atomic mass is 10.1. The SMILES string of the molecule is CC(CNC(C)(C)C)NCc1cn[nH]c1. The molecular weight excluding hydrogens is 188 g/mol. The van der Waals surface area contributed by atoms with E-state index in [1.807, 2.05) is 12.4 Å². The first kappa shape index (κ1) is 12.2. The molecular formula is C11H22N4. The summed E-state index contributed by atoms with van der Waals surface area (Å²) >= 11 is 0. The van der Waals surface area contributed by atoms with Gasteiger partial charge in [0.1, 0.15) is 0 Å². The Hall–Kier alpha value is -0.870. The molecule has 0 radical (unpaired) electrons. The number of hydrogen-bond acceptors (Lipinski definition) is 3. The quantitative estimate of drug-likeness (QED) is 0.686. The van der Waals surface area contributed by atoms with Gasteiger partial charge in [0.2, 0.25) is 0 Å². The van der Waals surface area contributed by atoms with Gasteiger partial charge < -0.3 is 10.6 Å². The van der Waals surface area contributed by atoms with Crippen LogP contribution in [0.25, 0.3) is 0 Å². The molecule has 1 unspecified atom stereocenters. The Morgan fingerprint density at radius 1 is 1.47 bits per heavy atom. The molecule has 0 aliphatic rings. The molecule has 1 aromatic heterocycles. The first-order valence-electron chi connectivity index (χ1n) is 5.43. The van der Waals surface area contributed by atoms with E-state index in [2.05, 4.69) is 48.5 Å². The zero-order valence-electron chi connectivity index (χ0n) is 10.1. The van der Waals surface area contributed by atoms with Crippen LogP contribution in [0.4, 0.5) is 0 Å². The molecule has 4 heteroatoms. The lowest BCUT2D eigenvalue weighted by Gasteiger charge is -2.23. The van der Waals surface area contributed by atoms with Crippen LogP contribution < -0.4 is 10.6 Å². The van der Waals surface area contributed by atoms with Crippen molar-refractivity contribution in [3.63, 3.8) is 0 Å². The molecule has 0 bridgehead atoms. The largest absolute Gasteiger partial charge is 0.311 e. The molecule has 15 heavy (non-hydrogen) atoms. The zero-order valence-corrected chi connectivity index (χ0v) is 10.1. The summed E-state index contributed by atoms with van der Waals surface area (Å²) in [4.78, 5) is 0. The van der Waals surface area contributed by atoms with E-state index >= 15 is 0 Å². The van der Waals surface area contributed by atoms with Crippen LogP contribution in [0.3, 0.4) is 0 Å². The summed E-state index contributed by atoms with van der Waals surface area (Å²) in [6, 6.07) is 0.458. The van der Waals surface area contributed by atoms with E-state index in [9.17, 15) is 0 Å². The van der Waals surface area contributed by atoms with Crippen molar-refractivity contribution in [1.82, 2.24) is 20.8 Å². The minimum atomic E-state index is 0.186. The maximum Gasteiger partial charge on any atom is 0.0532 e. The van der Waals surface area contributed by atoms with Crippen LogP contribution in [0.15, 0.2) is 12.4 Å². The van der Waals surface area contributed by atoms with Gasteiger partial charge in [0.05, 0.1) is 6.20 Å². The van der Waals surface area contributed by atoms with Crippen LogP contribution in [-0.4, -0.2) is 28.3 Å². The third-order valence-corrected chi connectivity index (χ3v) is 2.15. The molecule has 4 nitrogen and oxygen atoms in total. The fourth-order valence-electron chi connectivity index (χ4n) is 1.20. The summed E-state index contributed by atoms with van der Waals surface area (Å²) in [5.74, 6) is 0. The van der Waals surface area contributed by atoms with E-state index in [0.717, 1.165) is 13.1 Å². The van der Waals surface area contributed by atoms with Gasteiger partial charge in [0, 0.05) is 36.4 Å². The summed E-state index contributed by atoms with van der Waals surface area (Å²) in [6.45, 7) is 10.5. The fourth-order valence-corrected chi connectivity index (χ4v) is 1.20. The van der Waals surface area contributed by atoms with Crippen molar-refractivity contribution in [2.45, 2.75) is 45.8 Å².